The maximum atomic E-state index is 13.6. The predicted molar refractivity (Wildman–Crippen MR) is 568 cm³/mol. The number of ether oxygens (including phenoxy) is 4. The molecule has 0 bridgehead atoms. The summed E-state index contributed by atoms with van der Waals surface area (Å²) in [6, 6.07) is 4.38. The fourth-order valence-electron chi connectivity index (χ4n) is 11.6. The van der Waals surface area contributed by atoms with Crippen molar-refractivity contribution in [2.75, 3.05) is 125 Å². The number of phosphoric ester groups is 4. The van der Waals surface area contributed by atoms with Crippen molar-refractivity contribution in [1.82, 2.24) is 38.2 Å². The number of nitrogens with zero attached hydrogens (tertiary/aromatic N) is 4. The van der Waals surface area contributed by atoms with Crippen molar-refractivity contribution in [2.45, 2.75) is 234 Å². The smallest absolute Gasteiger partial charge is 0.387 e. The fourth-order valence-corrected chi connectivity index (χ4v) is 22.9. The summed E-state index contributed by atoms with van der Waals surface area (Å²) in [5.41, 5.74) is -11.9. The Morgan fingerprint density at radius 2 is 0.561 bits per heavy atom. The number of hydrogen-bond acceptors (Lipinski definition) is 52. The first kappa shape index (κ1) is 122. The number of aliphatic hydroxyl groups excluding tert-OH is 4. The number of aromatic amines is 4. The number of H-pyrrole nitrogens is 4. The molecule has 840 valence electrons. The van der Waals surface area contributed by atoms with Gasteiger partial charge in [-0.2, -0.15) is 0 Å². The first-order valence-corrected chi connectivity index (χ1v) is 60.2. The van der Waals surface area contributed by atoms with Crippen molar-refractivity contribution in [2.24, 2.45) is 22.7 Å². The standard InChI is InChI=1S/C24H39N2O10PS3.C22H35N2O10PS3.C20H31N2O10PS3.C18H27N2O10PS3/c1-22(2,3)19(29)39-12-10-33-37(32,34-11-13-40-20(30)23(4,5)6)35-14-15-17(28)24(7,31)18(36-15)26-9-8-16(27)25-21(26)38;1-13(2)18(27)37-10-8-31-35(30,32-9-11-38-19(28)14(3)4)33-12-15-17(26)22(5,29)20(34-15)24-7-6-16(25)23-21(24)36;1-4-15(24)35-10-8-29-33(28,30-9-11-36-16(25)5-2)31-12-13-17(26)20(3,27)18(32-13)22-7-6-14(23)21-19(22)34;1-11(21)33-8-6-27-31(26,28-7-9-34-12(2)22)29-10-13-15(24)18(3,25)16(30-13)20-5-4-14(23)19-17(20)32/h8-9,15,17-18,28,31H,10-14H2,1-7H3,(H,25,27,38);6-7,13-15,17,20,26,29H,8-12H2,1-5H3,(H,23,25,36);6-7,13,17-18,26-27H,4-5,8-12H2,1-3H3,(H,21,23,34);4-5,13,15-16,24-25H,6-10H2,1-3H3,(H,19,23,32)/t15-,17+,18-,24?;15-,17+,20-,22?;13-,17+,18-,20?;13-,15+,16-,18?/m1111/s1/i14D2;2*12D2;10D2. The van der Waals surface area contributed by atoms with Gasteiger partial charge in [0.15, 0.2) is 84.9 Å². The third-order valence-corrected chi connectivity index (χ3v) is 34.5. The van der Waals surface area contributed by atoms with Gasteiger partial charge in [-0.25, -0.2) is 18.3 Å². The van der Waals surface area contributed by atoms with Crippen LogP contribution in [-0.4, -0.2) is 316 Å². The average molecular weight is 2410 g/mol. The van der Waals surface area contributed by atoms with E-state index in [4.69, 9.17) is 133 Å². The minimum absolute atomic E-state index is 0.0525. The third-order valence-electron chi connectivity index (χ3n) is 19.7. The van der Waals surface area contributed by atoms with Crippen LogP contribution in [0.25, 0.3) is 0 Å². The summed E-state index contributed by atoms with van der Waals surface area (Å²) in [4.78, 5) is 149. The van der Waals surface area contributed by atoms with Gasteiger partial charge in [-0.05, 0) is 76.6 Å². The van der Waals surface area contributed by atoms with Gasteiger partial charge >= 0.3 is 31.3 Å². The summed E-state index contributed by atoms with van der Waals surface area (Å²) in [7, 11) is -18.8. The van der Waals surface area contributed by atoms with Crippen LogP contribution in [0, 0.1) is 41.8 Å². The molecule has 0 radical (unpaired) electrons. The van der Waals surface area contributed by atoms with Crippen molar-refractivity contribution < 1.29 is 182 Å². The van der Waals surface area contributed by atoms with E-state index < -0.39 is 187 Å². The Morgan fingerprint density at radius 1 is 0.372 bits per heavy atom. The zero-order valence-electron chi connectivity index (χ0n) is 91.5. The van der Waals surface area contributed by atoms with Gasteiger partial charge < -0.3 is 59.8 Å². The Balaban J connectivity index is 0.000000365. The van der Waals surface area contributed by atoms with Gasteiger partial charge in [0.05, 0.1) is 90.1 Å². The molecule has 64 heteroatoms. The Hall–Kier alpha value is -3.48. The lowest BCUT2D eigenvalue weighted by Crippen LogP contribution is -2.44. The summed E-state index contributed by atoms with van der Waals surface area (Å²) in [5.74, 6) is 0.0644. The Kier molecular flexibility index (Phi) is 51.1. The van der Waals surface area contributed by atoms with Gasteiger partial charge in [0.2, 0.25) is 0 Å². The van der Waals surface area contributed by atoms with E-state index in [0.717, 1.165) is 144 Å². The Bertz CT molecular complexity index is 6090. The number of aliphatic hydroxyl groups is 8. The van der Waals surface area contributed by atoms with Gasteiger partial charge in [-0.3, -0.25) is 150 Å². The van der Waals surface area contributed by atoms with Crippen LogP contribution in [0.15, 0.2) is 68.2 Å². The molecule has 4 aromatic heterocycles. The van der Waals surface area contributed by atoms with E-state index in [1.54, 1.807) is 83.1 Å². The summed E-state index contributed by atoms with van der Waals surface area (Å²) >= 11 is 27.7. The number of phosphoric acid groups is 4. The van der Waals surface area contributed by atoms with Crippen LogP contribution in [0.3, 0.4) is 0 Å². The molecule has 4 unspecified atom stereocenters. The molecule has 4 aliphatic heterocycles. The monoisotopic (exact) mass is 2410 g/mol. The Morgan fingerprint density at radius 3 is 0.736 bits per heavy atom. The molecular formula is C84H132N8O40P4S12. The molecule has 8 rings (SSSR count). The molecular weight excluding hydrogens is 2270 g/mol. The van der Waals surface area contributed by atoms with Gasteiger partial charge in [0.25, 0.3) is 22.2 Å². The number of carbonyl (C=O) groups is 8. The van der Waals surface area contributed by atoms with E-state index in [9.17, 15) is 117 Å². The third kappa shape index (κ3) is 43.4. The van der Waals surface area contributed by atoms with Crippen molar-refractivity contribution in [1.29, 1.82) is 0 Å². The lowest BCUT2D eigenvalue weighted by Gasteiger charge is -2.28. The predicted octanol–water partition coefficient (Wildman–Crippen LogP) is 10.6. The zero-order valence-corrected chi connectivity index (χ0v) is 96.9. The Labute approximate surface area is 919 Å². The molecule has 4 fully saturated rings. The molecule has 8 heterocycles. The van der Waals surface area contributed by atoms with Gasteiger partial charge in [-0.1, -0.05) is 177 Å². The number of hydrogen-bond donors (Lipinski definition) is 12. The van der Waals surface area contributed by atoms with E-state index in [2.05, 4.69) is 19.9 Å². The highest BCUT2D eigenvalue weighted by Gasteiger charge is 2.58. The van der Waals surface area contributed by atoms with Crippen LogP contribution in [0.2, 0.25) is 0 Å². The number of aromatic nitrogens is 8. The van der Waals surface area contributed by atoms with Crippen LogP contribution < -0.4 is 22.2 Å². The second kappa shape index (κ2) is 62.2. The first-order chi connectivity index (χ1) is 71.7. The maximum absolute atomic E-state index is 13.6. The van der Waals surface area contributed by atoms with Crippen molar-refractivity contribution in [3.63, 3.8) is 0 Å². The van der Waals surface area contributed by atoms with Gasteiger partial charge in [0.1, 0.15) is 71.2 Å². The van der Waals surface area contributed by atoms with Crippen LogP contribution >= 0.6 is 174 Å². The molecule has 148 heavy (non-hydrogen) atoms. The molecule has 12 N–H and O–H groups in total. The van der Waals surface area contributed by atoms with Crippen LogP contribution in [0.4, 0.5) is 0 Å². The molecule has 0 aliphatic carbocycles. The number of rotatable bonds is 52. The van der Waals surface area contributed by atoms with Crippen LogP contribution in [0.5, 0.6) is 0 Å². The van der Waals surface area contributed by atoms with Crippen LogP contribution in [0.1, 0.15) is 173 Å². The normalized spacial score (nSPS) is 25.4. The van der Waals surface area contributed by atoms with Crippen molar-refractivity contribution in [3.05, 3.63) is 110 Å². The molecule has 16 atom stereocenters. The minimum Gasteiger partial charge on any atom is -0.387 e. The second-order valence-corrected chi connectivity index (χ2v) is 52.0. The average Bonchev–Trinajstić information content (AvgIpc) is 1.60. The van der Waals surface area contributed by atoms with E-state index >= 15 is 0 Å². The summed E-state index contributed by atoms with van der Waals surface area (Å²) < 4.78 is 210. The quantitative estimate of drug-likeness (QED) is 0.0111. The maximum Gasteiger partial charge on any atom is 0.474 e. The highest BCUT2D eigenvalue weighted by atomic mass is 32.2. The number of carbonyl (C=O) groups excluding carboxylic acids is 8. The lowest BCUT2D eigenvalue weighted by atomic mass is 9.96. The van der Waals surface area contributed by atoms with E-state index in [0.29, 0.717) is 0 Å². The molecule has 0 amide bonds. The van der Waals surface area contributed by atoms with Gasteiger partial charge in [-0.15, -0.1) is 0 Å². The molecule has 4 aromatic rings. The molecule has 0 saturated carbocycles. The largest absolute Gasteiger partial charge is 0.474 e. The first-order valence-electron chi connectivity index (χ1n) is 48.8. The molecule has 0 spiro atoms. The summed E-state index contributed by atoms with van der Waals surface area (Å²) in [6.45, 7) is 13.3. The van der Waals surface area contributed by atoms with E-state index in [1.165, 1.54) is 59.4 Å². The lowest BCUT2D eigenvalue weighted by molar-refractivity contribution is -0.118. The van der Waals surface area contributed by atoms with E-state index in [1.807, 2.05) is 0 Å². The molecule has 0 aromatic carbocycles. The summed E-state index contributed by atoms with van der Waals surface area (Å²) in [6.07, 6.45) is -15.9. The highest BCUT2D eigenvalue weighted by Crippen LogP contribution is 2.56. The topological polar surface area (TPSA) is 666 Å². The van der Waals surface area contributed by atoms with Crippen molar-refractivity contribution in [3.8, 4) is 0 Å². The summed E-state index contributed by atoms with van der Waals surface area (Å²) in [5, 5.41) is 85.7. The minimum atomic E-state index is -4.74. The SMILES string of the molecule is [2H]C([2H])(OP(=O)(OCCSC(=O)C(C)(C)C)OCCSC(=O)C(C)(C)C)[C@H]1O[C@@H](n2ccc(=O)[nH]c2=S)C(C)(O)[C@H]1O.[2H]C([2H])(OP(=O)(OCCSC(=O)C(C)C)OCCSC(=O)C(C)C)[C@H]1O[C@@H](n2ccc(=O)[nH]c2=S)C(C)(O)[C@H]1O.[2H]C([2H])(OP(=O)(OCCSC(=O)CC)OCCSC(=O)CC)[C@H]1O[C@@H](n2ccc(=O)[nH]c2=S)C(C)(O)[C@H]1O.[2H]C([2H])(OP(=O)(OCCSC(C)=O)OCCSC(C)=O)[C@H]1O[C@@H](n2ccc(=O)[nH]c2=S)C(C)(O)[C@H]1O. The van der Waals surface area contributed by atoms with Gasteiger partial charge in [0, 0.05) is 144 Å². The van der Waals surface area contributed by atoms with E-state index in [-0.39, 0.29) is 184 Å². The van der Waals surface area contributed by atoms with Crippen LogP contribution in [-0.2, 0) is 130 Å². The highest BCUT2D eigenvalue weighted by molar-refractivity contribution is 8.15. The number of nitrogens with one attached hydrogen (secondary N) is 4. The fraction of sp³-hybridized carbons (Fsp3) is 0.714. The zero-order chi connectivity index (χ0) is 119. The molecule has 4 saturated heterocycles. The number of thioether (sulfide) groups is 8. The van der Waals surface area contributed by atoms with Crippen molar-refractivity contribution >= 4 is 215 Å². The molecule has 4 aliphatic rings. The molecule has 48 nitrogen and oxygen atoms in total. The second-order valence-electron chi connectivity index (χ2n) is 34.9.